The summed E-state index contributed by atoms with van der Waals surface area (Å²) in [7, 11) is 0. The lowest BCUT2D eigenvalue weighted by molar-refractivity contribution is -0.121. The predicted octanol–water partition coefficient (Wildman–Crippen LogP) is 2.59. The van der Waals surface area contributed by atoms with Crippen molar-refractivity contribution in [2.75, 3.05) is 19.6 Å². The van der Waals surface area contributed by atoms with Gasteiger partial charge in [0.05, 0.1) is 0 Å². The maximum Gasteiger partial charge on any atom is 0.317 e. The highest BCUT2D eigenvalue weighted by Crippen LogP contribution is 2.40. The molecule has 1 aromatic carbocycles. The summed E-state index contributed by atoms with van der Waals surface area (Å²) in [5.74, 6) is 0.171. The summed E-state index contributed by atoms with van der Waals surface area (Å²) in [6.07, 6.45) is 4.62. The van der Waals surface area contributed by atoms with Crippen LogP contribution in [-0.2, 0) is 11.3 Å². The molecule has 2 N–H and O–H groups in total. The third-order valence-electron chi connectivity index (χ3n) is 5.50. The summed E-state index contributed by atoms with van der Waals surface area (Å²) in [6, 6.07) is 8.23. The first-order chi connectivity index (χ1) is 11.6. The van der Waals surface area contributed by atoms with Gasteiger partial charge in [0.25, 0.3) is 0 Å². The molecule has 24 heavy (non-hydrogen) atoms. The minimum absolute atomic E-state index is 0.0224. The number of benzene rings is 1. The van der Waals surface area contributed by atoms with Crippen molar-refractivity contribution in [3.63, 3.8) is 0 Å². The summed E-state index contributed by atoms with van der Waals surface area (Å²) >= 11 is 0. The average Bonchev–Trinajstić information content (AvgIpc) is 2.76. The second-order valence-corrected chi connectivity index (χ2v) is 7.23. The fourth-order valence-electron chi connectivity index (χ4n) is 3.85. The van der Waals surface area contributed by atoms with E-state index in [1.165, 1.54) is 5.56 Å². The third kappa shape index (κ3) is 4.08. The van der Waals surface area contributed by atoms with Crippen molar-refractivity contribution in [1.29, 1.82) is 0 Å². The molecule has 5 heteroatoms. The van der Waals surface area contributed by atoms with Crippen LogP contribution in [0.4, 0.5) is 4.79 Å². The van der Waals surface area contributed by atoms with Crippen LogP contribution in [0.1, 0.15) is 43.2 Å². The number of carbonyl (C=O) groups excluding carboxylic acids is 2. The summed E-state index contributed by atoms with van der Waals surface area (Å²) < 4.78 is 0. The van der Waals surface area contributed by atoms with E-state index in [4.69, 9.17) is 0 Å². The smallest absolute Gasteiger partial charge is 0.317 e. The molecule has 0 aromatic heterocycles. The van der Waals surface area contributed by atoms with Crippen molar-refractivity contribution in [1.82, 2.24) is 15.5 Å². The quantitative estimate of drug-likeness (QED) is 0.876. The van der Waals surface area contributed by atoms with E-state index >= 15 is 0 Å². The first-order valence-electron chi connectivity index (χ1n) is 8.91. The lowest BCUT2D eigenvalue weighted by Crippen LogP contribution is -2.47. The molecule has 3 rings (SSSR count). The average molecular weight is 329 g/mol. The van der Waals surface area contributed by atoms with Crippen LogP contribution in [0.25, 0.3) is 0 Å². The molecule has 0 aliphatic carbocycles. The Morgan fingerprint density at radius 2 is 2.04 bits per heavy atom. The number of hydrogen-bond acceptors (Lipinski definition) is 2. The van der Waals surface area contributed by atoms with E-state index in [9.17, 15) is 9.59 Å². The molecule has 1 spiro atoms. The van der Waals surface area contributed by atoms with Gasteiger partial charge in [-0.2, -0.15) is 0 Å². The fourth-order valence-corrected chi connectivity index (χ4v) is 3.85. The Hall–Kier alpha value is -2.04. The molecule has 1 aromatic rings. The lowest BCUT2D eigenvalue weighted by atomic mass is 9.73. The van der Waals surface area contributed by atoms with Crippen molar-refractivity contribution in [2.45, 2.75) is 45.6 Å². The number of hydrogen-bond donors (Lipinski definition) is 2. The Labute approximate surface area is 143 Å². The Morgan fingerprint density at radius 3 is 2.79 bits per heavy atom. The second kappa shape index (κ2) is 7.24. The van der Waals surface area contributed by atoms with Crippen molar-refractivity contribution < 1.29 is 9.59 Å². The largest absolute Gasteiger partial charge is 0.356 e. The van der Waals surface area contributed by atoms with Crippen LogP contribution in [0.3, 0.4) is 0 Å². The highest BCUT2D eigenvalue weighted by Gasteiger charge is 2.37. The van der Waals surface area contributed by atoms with E-state index in [0.29, 0.717) is 13.0 Å². The molecule has 130 valence electrons. The molecular weight excluding hydrogens is 302 g/mol. The summed E-state index contributed by atoms with van der Waals surface area (Å²) in [4.78, 5) is 25.9. The molecule has 0 radical (unpaired) electrons. The number of aryl methyl sites for hydroxylation is 1. The van der Waals surface area contributed by atoms with Crippen molar-refractivity contribution in [3.8, 4) is 0 Å². The number of likely N-dealkylation sites (tertiary alicyclic amines) is 1. The Bertz CT molecular complexity index is 606. The van der Waals surface area contributed by atoms with Gasteiger partial charge in [-0.25, -0.2) is 4.79 Å². The fraction of sp³-hybridized carbons (Fsp3) is 0.579. The first kappa shape index (κ1) is 16.8. The SMILES string of the molecule is Cc1cccc(CNC(=O)N2CCC3(CCNC(=O)CC3)CC2)c1. The van der Waals surface area contributed by atoms with Gasteiger partial charge in [-0.05, 0) is 43.6 Å². The highest BCUT2D eigenvalue weighted by atomic mass is 16.2. The predicted molar refractivity (Wildman–Crippen MR) is 93.5 cm³/mol. The maximum atomic E-state index is 12.4. The van der Waals surface area contributed by atoms with Crippen LogP contribution in [0.2, 0.25) is 0 Å². The van der Waals surface area contributed by atoms with Crippen LogP contribution in [0.5, 0.6) is 0 Å². The molecule has 5 nitrogen and oxygen atoms in total. The number of nitrogens with one attached hydrogen (secondary N) is 2. The van der Waals surface area contributed by atoms with Gasteiger partial charge in [-0.1, -0.05) is 29.8 Å². The van der Waals surface area contributed by atoms with Gasteiger partial charge < -0.3 is 15.5 Å². The van der Waals surface area contributed by atoms with Crippen LogP contribution in [-0.4, -0.2) is 36.5 Å². The van der Waals surface area contributed by atoms with E-state index in [1.807, 2.05) is 17.0 Å². The second-order valence-electron chi connectivity index (χ2n) is 7.23. The van der Waals surface area contributed by atoms with Crippen LogP contribution >= 0.6 is 0 Å². The standard InChI is InChI=1S/C19H27N3O2/c1-15-3-2-4-16(13-15)14-21-18(24)22-11-8-19(9-12-22)6-5-17(23)20-10-7-19/h2-4,13H,5-12,14H2,1H3,(H,20,23)(H,21,24). The molecule has 2 aliphatic rings. The van der Waals surface area contributed by atoms with E-state index in [-0.39, 0.29) is 17.4 Å². The number of carbonyl (C=O) groups is 2. The number of amides is 3. The third-order valence-corrected chi connectivity index (χ3v) is 5.50. The van der Waals surface area contributed by atoms with Gasteiger partial charge in [-0.3, -0.25) is 4.79 Å². The van der Waals surface area contributed by atoms with E-state index in [1.54, 1.807) is 0 Å². The van der Waals surface area contributed by atoms with Gasteiger partial charge >= 0.3 is 6.03 Å². The molecule has 2 heterocycles. The number of rotatable bonds is 2. The molecule has 0 unspecified atom stereocenters. The van der Waals surface area contributed by atoms with Crippen LogP contribution in [0, 0.1) is 12.3 Å². The molecule has 0 bridgehead atoms. The molecule has 0 saturated carbocycles. The zero-order valence-electron chi connectivity index (χ0n) is 14.4. The monoisotopic (exact) mass is 329 g/mol. The minimum atomic E-state index is 0.0224. The summed E-state index contributed by atoms with van der Waals surface area (Å²) in [5.41, 5.74) is 2.58. The molecule has 0 atom stereocenters. The molecular formula is C19H27N3O2. The zero-order chi connectivity index (χ0) is 17.0. The van der Waals surface area contributed by atoms with Gasteiger partial charge in [0, 0.05) is 32.6 Å². The molecule has 2 saturated heterocycles. The molecule has 3 amide bonds. The zero-order valence-corrected chi connectivity index (χ0v) is 14.4. The lowest BCUT2D eigenvalue weighted by Gasteiger charge is -2.41. The van der Waals surface area contributed by atoms with E-state index in [2.05, 4.69) is 29.7 Å². The topological polar surface area (TPSA) is 61.4 Å². The van der Waals surface area contributed by atoms with Crippen LogP contribution in [0.15, 0.2) is 24.3 Å². The van der Waals surface area contributed by atoms with Crippen molar-refractivity contribution in [2.24, 2.45) is 5.41 Å². The number of piperidine rings is 1. The summed E-state index contributed by atoms with van der Waals surface area (Å²) in [5, 5.41) is 5.99. The number of urea groups is 1. The maximum absolute atomic E-state index is 12.4. The van der Waals surface area contributed by atoms with Gasteiger partial charge in [-0.15, -0.1) is 0 Å². The van der Waals surface area contributed by atoms with E-state index in [0.717, 1.165) is 50.9 Å². The Morgan fingerprint density at radius 1 is 1.25 bits per heavy atom. The van der Waals surface area contributed by atoms with Crippen molar-refractivity contribution >= 4 is 11.9 Å². The van der Waals surface area contributed by atoms with E-state index < -0.39 is 0 Å². The van der Waals surface area contributed by atoms with Crippen molar-refractivity contribution in [3.05, 3.63) is 35.4 Å². The highest BCUT2D eigenvalue weighted by molar-refractivity contribution is 5.76. The Kier molecular flexibility index (Phi) is 5.07. The van der Waals surface area contributed by atoms with Gasteiger partial charge in [0.1, 0.15) is 0 Å². The minimum Gasteiger partial charge on any atom is -0.356 e. The first-order valence-corrected chi connectivity index (χ1v) is 8.91. The van der Waals surface area contributed by atoms with Gasteiger partial charge in [0.2, 0.25) is 5.91 Å². The normalized spacial score (nSPS) is 20.4. The molecule has 2 fully saturated rings. The summed E-state index contributed by atoms with van der Waals surface area (Å²) in [6.45, 7) is 4.97. The molecule has 2 aliphatic heterocycles. The van der Waals surface area contributed by atoms with Gasteiger partial charge in [0.15, 0.2) is 0 Å². The Balaban J connectivity index is 1.49. The number of nitrogens with zero attached hydrogens (tertiary/aromatic N) is 1. The van der Waals surface area contributed by atoms with Crippen LogP contribution < -0.4 is 10.6 Å².